The van der Waals surface area contributed by atoms with E-state index in [1.807, 2.05) is 30.3 Å². The molecule has 0 spiro atoms. The van der Waals surface area contributed by atoms with Crippen molar-refractivity contribution in [3.05, 3.63) is 48.9 Å². The molecule has 0 saturated heterocycles. The van der Waals surface area contributed by atoms with Gasteiger partial charge in [0, 0.05) is 30.1 Å². The maximum atomic E-state index is 5.90. The molecule has 4 aromatic rings. The van der Waals surface area contributed by atoms with E-state index in [2.05, 4.69) is 20.2 Å². The smallest absolute Gasteiger partial charge is 0.181 e. The average molecular weight is 309 g/mol. The highest BCUT2D eigenvalue weighted by molar-refractivity contribution is 7.22. The number of benzene rings is 1. The molecule has 0 unspecified atom stereocenters. The number of rotatable bonds is 3. The number of anilines is 1. The second-order valence-corrected chi connectivity index (χ2v) is 5.71. The SMILES string of the molecule is Nc1nc2ccc(Oc3ccnc(-c4cn[nH]c4)c3)cc2s1. The number of nitrogen functional groups attached to an aromatic ring is 1. The number of aromatic amines is 1. The van der Waals surface area contributed by atoms with Crippen molar-refractivity contribution < 1.29 is 4.74 Å². The maximum absolute atomic E-state index is 5.90. The summed E-state index contributed by atoms with van der Waals surface area (Å²) in [6.45, 7) is 0. The number of nitrogens with zero attached hydrogens (tertiary/aromatic N) is 3. The minimum Gasteiger partial charge on any atom is -0.457 e. The fourth-order valence-corrected chi connectivity index (χ4v) is 2.91. The lowest BCUT2D eigenvalue weighted by Gasteiger charge is -2.06. The molecular weight excluding hydrogens is 298 g/mol. The molecule has 6 nitrogen and oxygen atoms in total. The summed E-state index contributed by atoms with van der Waals surface area (Å²) in [5.41, 5.74) is 8.31. The second-order valence-electron chi connectivity index (χ2n) is 4.65. The van der Waals surface area contributed by atoms with Crippen molar-refractivity contribution >= 4 is 26.7 Å². The first kappa shape index (κ1) is 12.8. The Labute approximate surface area is 129 Å². The number of nitrogens with one attached hydrogen (secondary N) is 1. The molecule has 0 atom stereocenters. The van der Waals surface area contributed by atoms with Crippen molar-refractivity contribution in [1.82, 2.24) is 20.2 Å². The summed E-state index contributed by atoms with van der Waals surface area (Å²) >= 11 is 1.44. The Morgan fingerprint density at radius 2 is 2.05 bits per heavy atom. The van der Waals surface area contributed by atoms with Crippen LogP contribution < -0.4 is 10.5 Å². The Morgan fingerprint density at radius 1 is 1.14 bits per heavy atom. The summed E-state index contributed by atoms with van der Waals surface area (Å²) in [6, 6.07) is 9.39. The number of hydrogen-bond acceptors (Lipinski definition) is 6. The van der Waals surface area contributed by atoms with Crippen LogP contribution in [0.15, 0.2) is 48.9 Å². The van der Waals surface area contributed by atoms with Crippen LogP contribution in [0.2, 0.25) is 0 Å². The van der Waals surface area contributed by atoms with Gasteiger partial charge in [-0.2, -0.15) is 5.10 Å². The third-order valence-electron chi connectivity index (χ3n) is 3.14. The van der Waals surface area contributed by atoms with Gasteiger partial charge in [0.25, 0.3) is 0 Å². The lowest BCUT2D eigenvalue weighted by Crippen LogP contribution is -1.87. The van der Waals surface area contributed by atoms with Gasteiger partial charge in [-0.05, 0) is 18.2 Å². The van der Waals surface area contributed by atoms with Gasteiger partial charge in [-0.25, -0.2) is 4.98 Å². The van der Waals surface area contributed by atoms with Gasteiger partial charge in [-0.3, -0.25) is 10.1 Å². The molecule has 108 valence electrons. The summed E-state index contributed by atoms with van der Waals surface area (Å²) in [5.74, 6) is 1.45. The van der Waals surface area contributed by atoms with E-state index in [4.69, 9.17) is 10.5 Å². The highest BCUT2D eigenvalue weighted by Gasteiger charge is 2.06. The van der Waals surface area contributed by atoms with Gasteiger partial charge < -0.3 is 10.5 Å². The Balaban J connectivity index is 1.65. The molecule has 0 radical (unpaired) electrons. The van der Waals surface area contributed by atoms with Gasteiger partial charge in [-0.15, -0.1) is 0 Å². The third kappa shape index (κ3) is 2.38. The molecule has 0 aliphatic carbocycles. The molecule has 0 fully saturated rings. The number of hydrogen-bond donors (Lipinski definition) is 2. The van der Waals surface area contributed by atoms with Crippen molar-refractivity contribution in [3.8, 4) is 22.8 Å². The summed E-state index contributed by atoms with van der Waals surface area (Å²) in [7, 11) is 0. The maximum Gasteiger partial charge on any atom is 0.181 e. The van der Waals surface area contributed by atoms with Crippen LogP contribution in [0, 0.1) is 0 Å². The monoisotopic (exact) mass is 309 g/mol. The van der Waals surface area contributed by atoms with Crippen molar-refractivity contribution in [2.45, 2.75) is 0 Å². The normalized spacial score (nSPS) is 10.9. The van der Waals surface area contributed by atoms with Crippen molar-refractivity contribution in [2.24, 2.45) is 0 Å². The van der Waals surface area contributed by atoms with Crippen molar-refractivity contribution in [3.63, 3.8) is 0 Å². The number of H-pyrrole nitrogens is 1. The van der Waals surface area contributed by atoms with Gasteiger partial charge >= 0.3 is 0 Å². The minimum atomic E-state index is 0.554. The summed E-state index contributed by atoms with van der Waals surface area (Å²) in [5, 5.41) is 7.25. The van der Waals surface area contributed by atoms with Gasteiger partial charge in [-0.1, -0.05) is 11.3 Å². The van der Waals surface area contributed by atoms with Crippen LogP contribution in [0.3, 0.4) is 0 Å². The first-order chi connectivity index (χ1) is 10.8. The first-order valence-corrected chi connectivity index (χ1v) is 7.39. The molecule has 0 aliphatic heterocycles. The second kappa shape index (κ2) is 5.12. The van der Waals surface area contributed by atoms with Crippen LogP contribution in [0.5, 0.6) is 11.5 Å². The molecule has 3 N–H and O–H groups in total. The van der Waals surface area contributed by atoms with Crippen LogP contribution in [-0.4, -0.2) is 20.2 Å². The van der Waals surface area contributed by atoms with Crippen LogP contribution >= 0.6 is 11.3 Å². The number of pyridine rings is 1. The Hall–Kier alpha value is -2.93. The van der Waals surface area contributed by atoms with E-state index < -0.39 is 0 Å². The van der Waals surface area contributed by atoms with E-state index >= 15 is 0 Å². The molecule has 3 heterocycles. The van der Waals surface area contributed by atoms with Crippen molar-refractivity contribution in [1.29, 1.82) is 0 Å². The summed E-state index contributed by atoms with van der Waals surface area (Å²) < 4.78 is 6.90. The van der Waals surface area contributed by atoms with Crippen LogP contribution in [0.4, 0.5) is 5.13 Å². The molecule has 0 aliphatic rings. The topological polar surface area (TPSA) is 89.7 Å². The van der Waals surface area contributed by atoms with Crippen molar-refractivity contribution in [2.75, 3.05) is 5.73 Å². The highest BCUT2D eigenvalue weighted by atomic mass is 32.1. The van der Waals surface area contributed by atoms with Gasteiger partial charge in [0.15, 0.2) is 5.13 Å². The molecular formula is C15H11N5OS. The fourth-order valence-electron chi connectivity index (χ4n) is 2.15. The molecule has 1 aromatic carbocycles. The quantitative estimate of drug-likeness (QED) is 0.605. The molecule has 0 amide bonds. The Bertz CT molecular complexity index is 932. The Kier molecular flexibility index (Phi) is 2.97. The Morgan fingerprint density at radius 3 is 2.91 bits per heavy atom. The lowest BCUT2D eigenvalue weighted by molar-refractivity contribution is 0.483. The standard InChI is InChI=1S/C15H11N5OS/c16-15-20-12-2-1-10(6-14(12)22-15)21-11-3-4-17-13(5-11)9-7-18-19-8-9/h1-8H,(H2,16,20)(H,18,19). The average Bonchev–Trinajstić information content (AvgIpc) is 3.15. The highest BCUT2D eigenvalue weighted by Crippen LogP contribution is 2.30. The molecule has 0 saturated carbocycles. The zero-order valence-electron chi connectivity index (χ0n) is 11.4. The number of ether oxygens (including phenoxy) is 1. The number of nitrogens with two attached hydrogens (primary N) is 1. The predicted octanol–water partition coefficient (Wildman–Crippen LogP) is 3.46. The largest absolute Gasteiger partial charge is 0.457 e. The number of aromatic nitrogens is 4. The van der Waals surface area contributed by atoms with E-state index in [-0.39, 0.29) is 0 Å². The molecule has 22 heavy (non-hydrogen) atoms. The predicted molar refractivity (Wildman–Crippen MR) is 85.9 cm³/mol. The van der Waals surface area contributed by atoms with E-state index in [1.165, 1.54) is 11.3 Å². The van der Waals surface area contributed by atoms with E-state index in [0.29, 0.717) is 10.9 Å². The first-order valence-electron chi connectivity index (χ1n) is 6.57. The zero-order valence-corrected chi connectivity index (χ0v) is 12.2. The zero-order chi connectivity index (χ0) is 14.9. The van der Waals surface area contributed by atoms with E-state index in [1.54, 1.807) is 18.6 Å². The van der Waals surface area contributed by atoms with Crippen LogP contribution in [0.25, 0.3) is 21.5 Å². The van der Waals surface area contributed by atoms with E-state index in [9.17, 15) is 0 Å². The molecule has 3 aromatic heterocycles. The van der Waals surface area contributed by atoms with Gasteiger partial charge in [0.2, 0.25) is 0 Å². The fraction of sp³-hybridized carbons (Fsp3) is 0. The lowest BCUT2D eigenvalue weighted by atomic mass is 10.2. The van der Waals surface area contributed by atoms with E-state index in [0.717, 1.165) is 27.2 Å². The summed E-state index contributed by atoms with van der Waals surface area (Å²) in [6.07, 6.45) is 5.22. The van der Waals surface area contributed by atoms with Gasteiger partial charge in [0.1, 0.15) is 11.5 Å². The van der Waals surface area contributed by atoms with Crippen LogP contribution in [-0.2, 0) is 0 Å². The molecule has 7 heteroatoms. The minimum absolute atomic E-state index is 0.554. The molecule has 0 bridgehead atoms. The third-order valence-corrected chi connectivity index (χ3v) is 3.98. The van der Waals surface area contributed by atoms with Gasteiger partial charge in [0.05, 0.1) is 22.1 Å². The summed E-state index contributed by atoms with van der Waals surface area (Å²) in [4.78, 5) is 8.54. The molecule has 4 rings (SSSR count). The number of fused-ring (bicyclic) bond motifs is 1. The van der Waals surface area contributed by atoms with Crippen LogP contribution in [0.1, 0.15) is 0 Å². The number of thiazole rings is 1.